The minimum Gasteiger partial charge on any atom is -0.479 e. The highest BCUT2D eigenvalue weighted by Gasteiger charge is 2.58. The maximum atomic E-state index is 12.8. The molecule has 0 aliphatic heterocycles. The van der Waals surface area contributed by atoms with Crippen molar-refractivity contribution in [1.82, 2.24) is 5.32 Å². The monoisotopic (exact) mass is 296 g/mol. The summed E-state index contributed by atoms with van der Waals surface area (Å²) in [7, 11) is 0. The molecule has 116 valence electrons. The average molecular weight is 296 g/mol. The molecule has 3 unspecified atom stereocenters. The van der Waals surface area contributed by atoms with Crippen LogP contribution in [0, 0.1) is 5.92 Å². The molecule has 0 radical (unpaired) electrons. The van der Waals surface area contributed by atoms with Crippen molar-refractivity contribution in [2.24, 2.45) is 11.7 Å². The van der Waals surface area contributed by atoms with Crippen LogP contribution >= 0.6 is 0 Å². The van der Waals surface area contributed by atoms with Crippen molar-refractivity contribution >= 4 is 11.9 Å². The van der Waals surface area contributed by atoms with Crippen molar-refractivity contribution in [1.29, 1.82) is 0 Å². The van der Waals surface area contributed by atoms with E-state index < -0.39 is 35.6 Å². The summed E-state index contributed by atoms with van der Waals surface area (Å²) < 4.78 is 38.5. The van der Waals surface area contributed by atoms with Crippen LogP contribution in [0.4, 0.5) is 13.2 Å². The second kappa shape index (κ2) is 5.99. The second-order valence-corrected chi connectivity index (χ2v) is 5.33. The second-order valence-electron chi connectivity index (χ2n) is 5.33. The van der Waals surface area contributed by atoms with E-state index in [1.807, 2.05) is 0 Å². The van der Waals surface area contributed by atoms with Crippen molar-refractivity contribution in [3.63, 3.8) is 0 Å². The van der Waals surface area contributed by atoms with E-state index in [1.165, 1.54) is 0 Å². The molecular weight excluding hydrogens is 277 g/mol. The van der Waals surface area contributed by atoms with Crippen LogP contribution in [0.25, 0.3) is 0 Å². The van der Waals surface area contributed by atoms with E-state index >= 15 is 0 Å². The van der Waals surface area contributed by atoms with Gasteiger partial charge in [-0.3, -0.25) is 4.79 Å². The summed E-state index contributed by atoms with van der Waals surface area (Å²) in [4.78, 5) is 22.8. The summed E-state index contributed by atoms with van der Waals surface area (Å²) in [5.74, 6) is -3.86. The van der Waals surface area contributed by atoms with Gasteiger partial charge in [0.05, 0.1) is 5.92 Å². The van der Waals surface area contributed by atoms with E-state index in [1.54, 1.807) is 5.32 Å². The van der Waals surface area contributed by atoms with Crippen LogP contribution in [0.5, 0.6) is 0 Å². The van der Waals surface area contributed by atoms with Gasteiger partial charge in [-0.2, -0.15) is 13.2 Å². The summed E-state index contributed by atoms with van der Waals surface area (Å²) in [5, 5.41) is 10.4. The molecule has 1 rings (SSSR count). The van der Waals surface area contributed by atoms with Crippen molar-refractivity contribution in [3.05, 3.63) is 0 Å². The Hall–Kier alpha value is -1.31. The Labute approximate surface area is 114 Å². The number of carbonyl (C=O) groups is 2. The fourth-order valence-electron chi connectivity index (χ4n) is 2.25. The van der Waals surface area contributed by atoms with E-state index in [-0.39, 0.29) is 0 Å². The number of carboxylic acid groups (broad SMARTS) is 1. The van der Waals surface area contributed by atoms with Crippen LogP contribution in [0.3, 0.4) is 0 Å². The van der Waals surface area contributed by atoms with Gasteiger partial charge >= 0.3 is 12.1 Å². The Morgan fingerprint density at radius 3 is 2.25 bits per heavy atom. The van der Waals surface area contributed by atoms with Crippen molar-refractivity contribution in [3.8, 4) is 0 Å². The molecule has 5 nitrogen and oxygen atoms in total. The normalized spacial score (nSPS) is 27.2. The molecule has 0 heterocycles. The van der Waals surface area contributed by atoms with E-state index in [9.17, 15) is 22.8 Å². The zero-order valence-electron chi connectivity index (χ0n) is 11.2. The molecule has 0 aromatic heterocycles. The van der Waals surface area contributed by atoms with Crippen LogP contribution < -0.4 is 11.1 Å². The quantitative estimate of drug-likeness (QED) is 0.687. The molecule has 0 saturated heterocycles. The fourth-order valence-corrected chi connectivity index (χ4v) is 2.25. The van der Waals surface area contributed by atoms with Crippen molar-refractivity contribution in [2.75, 3.05) is 0 Å². The van der Waals surface area contributed by atoms with Gasteiger partial charge in [0.25, 0.3) is 0 Å². The molecule has 0 spiro atoms. The molecule has 8 heteroatoms. The highest BCUT2D eigenvalue weighted by Crippen LogP contribution is 2.31. The molecule has 1 aliphatic rings. The van der Waals surface area contributed by atoms with Gasteiger partial charge in [-0.05, 0) is 19.8 Å². The molecule has 3 atom stereocenters. The Balaban J connectivity index is 2.88. The molecule has 1 fully saturated rings. The van der Waals surface area contributed by atoms with Gasteiger partial charge in [-0.1, -0.05) is 19.3 Å². The lowest BCUT2D eigenvalue weighted by molar-refractivity contribution is -0.207. The molecule has 0 aromatic carbocycles. The van der Waals surface area contributed by atoms with Crippen LogP contribution in [0.2, 0.25) is 0 Å². The SMILES string of the molecule is CC(NC(=O)C1CCCCCC1N)(C(=O)O)C(F)(F)F. The number of aliphatic carboxylic acids is 1. The topological polar surface area (TPSA) is 92.4 Å². The van der Waals surface area contributed by atoms with Crippen LogP contribution in [0.15, 0.2) is 0 Å². The van der Waals surface area contributed by atoms with Gasteiger partial charge in [0.2, 0.25) is 11.4 Å². The lowest BCUT2D eigenvalue weighted by atomic mass is 9.92. The molecule has 1 saturated carbocycles. The first kappa shape index (κ1) is 16.7. The highest BCUT2D eigenvalue weighted by atomic mass is 19.4. The fraction of sp³-hybridized carbons (Fsp3) is 0.833. The number of amides is 1. The maximum absolute atomic E-state index is 12.8. The predicted molar refractivity (Wildman–Crippen MR) is 64.8 cm³/mol. The van der Waals surface area contributed by atoms with Gasteiger partial charge in [-0.25, -0.2) is 4.79 Å². The molecule has 0 bridgehead atoms. The summed E-state index contributed by atoms with van der Waals surface area (Å²) in [6, 6.07) is -0.538. The third-order valence-corrected chi connectivity index (χ3v) is 3.77. The van der Waals surface area contributed by atoms with E-state index in [0.717, 1.165) is 12.8 Å². The lowest BCUT2D eigenvalue weighted by Crippen LogP contribution is -2.63. The number of alkyl halides is 3. The number of rotatable bonds is 3. The summed E-state index contributed by atoms with van der Waals surface area (Å²) >= 11 is 0. The van der Waals surface area contributed by atoms with Gasteiger partial charge in [0.15, 0.2) is 0 Å². The first-order valence-corrected chi connectivity index (χ1v) is 6.47. The van der Waals surface area contributed by atoms with Crippen molar-refractivity contribution in [2.45, 2.75) is 56.8 Å². The number of hydrogen-bond donors (Lipinski definition) is 3. The number of nitrogens with one attached hydrogen (secondary N) is 1. The minimum absolute atomic E-state index is 0.376. The van der Waals surface area contributed by atoms with Crippen molar-refractivity contribution < 1.29 is 27.9 Å². The first-order valence-electron chi connectivity index (χ1n) is 6.47. The van der Waals surface area contributed by atoms with Crippen LogP contribution in [-0.4, -0.2) is 34.7 Å². The van der Waals surface area contributed by atoms with E-state index in [2.05, 4.69) is 0 Å². The smallest absolute Gasteiger partial charge is 0.422 e. The van der Waals surface area contributed by atoms with E-state index in [4.69, 9.17) is 10.8 Å². The predicted octanol–water partition coefficient (Wildman–Crippen LogP) is 1.42. The highest BCUT2D eigenvalue weighted by molar-refractivity contribution is 5.88. The van der Waals surface area contributed by atoms with Crippen LogP contribution in [-0.2, 0) is 9.59 Å². The zero-order chi connectivity index (χ0) is 15.6. The van der Waals surface area contributed by atoms with E-state index in [0.29, 0.717) is 26.2 Å². The Bertz CT molecular complexity index is 387. The lowest BCUT2D eigenvalue weighted by Gasteiger charge is -2.31. The Morgan fingerprint density at radius 1 is 1.20 bits per heavy atom. The minimum atomic E-state index is -5.08. The summed E-state index contributed by atoms with van der Waals surface area (Å²) in [6.07, 6.45) is -1.77. The first-order chi connectivity index (χ1) is 9.09. The molecule has 1 amide bonds. The van der Waals surface area contributed by atoms with Gasteiger partial charge in [0, 0.05) is 6.04 Å². The van der Waals surface area contributed by atoms with Gasteiger partial charge in [-0.15, -0.1) is 0 Å². The molecule has 4 N–H and O–H groups in total. The largest absolute Gasteiger partial charge is 0.479 e. The molecular formula is C12H19F3N2O3. The molecule has 0 aromatic rings. The molecule has 1 aliphatic carbocycles. The summed E-state index contributed by atoms with van der Waals surface area (Å²) in [6.45, 7) is 0.440. The number of nitrogens with two attached hydrogens (primary N) is 1. The maximum Gasteiger partial charge on any atom is 0.422 e. The number of carbonyl (C=O) groups excluding carboxylic acids is 1. The third kappa shape index (κ3) is 3.41. The standard InChI is InChI=1S/C12H19F3N2O3/c1-11(10(19)20,12(13,14)15)17-9(18)7-5-3-2-4-6-8(7)16/h7-8H,2-6,16H2,1H3,(H,17,18)(H,19,20). The van der Waals surface area contributed by atoms with Gasteiger partial charge < -0.3 is 16.2 Å². The van der Waals surface area contributed by atoms with Crippen LogP contribution in [0.1, 0.15) is 39.0 Å². The third-order valence-electron chi connectivity index (χ3n) is 3.77. The average Bonchev–Trinajstić information content (AvgIpc) is 2.51. The number of halogens is 3. The summed E-state index contributed by atoms with van der Waals surface area (Å²) in [5.41, 5.74) is 2.50. The molecule has 20 heavy (non-hydrogen) atoms. The Morgan fingerprint density at radius 2 is 1.75 bits per heavy atom. The zero-order valence-corrected chi connectivity index (χ0v) is 11.2. The number of hydrogen-bond acceptors (Lipinski definition) is 3. The number of carboxylic acids is 1. The van der Waals surface area contributed by atoms with Gasteiger partial charge in [0.1, 0.15) is 0 Å². The Kier molecular flexibility index (Phi) is 5.01.